The molecule has 0 aliphatic rings. The van der Waals surface area contributed by atoms with Crippen LogP contribution in [0.3, 0.4) is 0 Å². The van der Waals surface area contributed by atoms with Crippen molar-refractivity contribution in [2.24, 2.45) is 0 Å². The highest BCUT2D eigenvalue weighted by molar-refractivity contribution is 5.83. The third-order valence-electron chi connectivity index (χ3n) is 3.60. The second kappa shape index (κ2) is 5.75. The number of hydrogen-bond acceptors (Lipinski definition) is 3. The molecule has 3 aromatic rings. The van der Waals surface area contributed by atoms with Crippen LogP contribution in [0.15, 0.2) is 54.7 Å². The average molecular weight is 277 g/mol. The Morgan fingerprint density at radius 1 is 1.10 bits per heavy atom. The van der Waals surface area contributed by atoms with E-state index in [1.165, 1.54) is 0 Å². The van der Waals surface area contributed by atoms with Crippen molar-refractivity contribution >= 4 is 17.2 Å². The molecule has 0 unspecified atom stereocenters. The van der Waals surface area contributed by atoms with E-state index < -0.39 is 0 Å². The van der Waals surface area contributed by atoms with Gasteiger partial charge in [0, 0.05) is 17.1 Å². The maximum Gasteiger partial charge on any atom is 0.150 e. The minimum absolute atomic E-state index is 0.662. The highest BCUT2D eigenvalue weighted by Gasteiger charge is 2.07. The molecule has 0 saturated carbocycles. The summed E-state index contributed by atoms with van der Waals surface area (Å²) in [6.45, 7) is 0. The molecule has 0 amide bonds. The molecule has 3 heteroatoms. The summed E-state index contributed by atoms with van der Waals surface area (Å²) in [5.41, 5.74) is 3.78. The highest BCUT2D eigenvalue weighted by atomic mass is 16.5. The number of carbonyl (C=O) groups is 1. The molecule has 2 aromatic carbocycles. The van der Waals surface area contributed by atoms with Crippen molar-refractivity contribution in [2.75, 3.05) is 7.11 Å². The first-order valence-corrected chi connectivity index (χ1v) is 6.76. The lowest BCUT2D eigenvalue weighted by Gasteiger charge is -2.09. The molecule has 0 radical (unpaired) electrons. The van der Waals surface area contributed by atoms with E-state index in [4.69, 9.17) is 4.74 Å². The quantitative estimate of drug-likeness (QED) is 0.683. The minimum atomic E-state index is 0.662. The molecule has 0 bridgehead atoms. The van der Waals surface area contributed by atoms with Gasteiger partial charge in [0.15, 0.2) is 0 Å². The lowest BCUT2D eigenvalue weighted by molar-refractivity contribution is 0.112. The van der Waals surface area contributed by atoms with E-state index in [1.807, 2.05) is 42.6 Å². The van der Waals surface area contributed by atoms with Gasteiger partial charge >= 0.3 is 0 Å². The largest absolute Gasteiger partial charge is 0.497 e. The van der Waals surface area contributed by atoms with Crippen molar-refractivity contribution in [2.45, 2.75) is 6.42 Å². The van der Waals surface area contributed by atoms with Crippen molar-refractivity contribution in [3.8, 4) is 5.75 Å². The zero-order chi connectivity index (χ0) is 14.7. The van der Waals surface area contributed by atoms with Crippen LogP contribution in [0.5, 0.6) is 5.75 Å². The predicted molar refractivity (Wildman–Crippen MR) is 82.9 cm³/mol. The van der Waals surface area contributed by atoms with Crippen molar-refractivity contribution in [3.05, 3.63) is 71.4 Å². The van der Waals surface area contributed by atoms with Crippen LogP contribution in [0.25, 0.3) is 10.9 Å². The van der Waals surface area contributed by atoms with Gasteiger partial charge in [-0.1, -0.05) is 24.3 Å². The van der Waals surface area contributed by atoms with Gasteiger partial charge in [-0.2, -0.15) is 0 Å². The number of pyridine rings is 1. The maximum absolute atomic E-state index is 11.3. The van der Waals surface area contributed by atoms with Crippen molar-refractivity contribution in [3.63, 3.8) is 0 Å². The molecule has 0 N–H and O–H groups in total. The number of carbonyl (C=O) groups excluding carboxylic acids is 1. The zero-order valence-corrected chi connectivity index (χ0v) is 11.7. The van der Waals surface area contributed by atoms with Gasteiger partial charge in [-0.05, 0) is 41.8 Å². The number of aromatic nitrogens is 1. The first-order valence-electron chi connectivity index (χ1n) is 6.76. The third-order valence-corrected chi connectivity index (χ3v) is 3.60. The van der Waals surface area contributed by atoms with Gasteiger partial charge < -0.3 is 4.74 Å². The summed E-state index contributed by atoms with van der Waals surface area (Å²) in [6.07, 6.45) is 3.38. The Morgan fingerprint density at radius 2 is 1.95 bits per heavy atom. The topological polar surface area (TPSA) is 39.2 Å². The summed E-state index contributed by atoms with van der Waals surface area (Å²) in [6, 6.07) is 15.6. The molecule has 0 saturated heterocycles. The van der Waals surface area contributed by atoms with Gasteiger partial charge in [0.1, 0.15) is 12.0 Å². The van der Waals surface area contributed by atoms with Crippen LogP contribution in [-0.2, 0) is 6.42 Å². The van der Waals surface area contributed by atoms with Gasteiger partial charge in [0.05, 0.1) is 12.6 Å². The molecule has 3 nitrogen and oxygen atoms in total. The van der Waals surface area contributed by atoms with E-state index in [9.17, 15) is 4.79 Å². The number of ether oxygens (including phenoxy) is 1. The molecular weight excluding hydrogens is 262 g/mol. The van der Waals surface area contributed by atoms with Crippen LogP contribution >= 0.6 is 0 Å². The van der Waals surface area contributed by atoms with E-state index in [-0.39, 0.29) is 0 Å². The standard InChI is InChI=1S/C18H15NO2/c1-21-16-7-6-13(15(11-16)12-20)10-14-8-9-19-18-5-3-2-4-17(14)18/h2-9,11-12H,10H2,1H3. The number of fused-ring (bicyclic) bond motifs is 1. The Bertz CT molecular complexity index is 791. The maximum atomic E-state index is 11.3. The Hall–Kier alpha value is -2.68. The van der Waals surface area contributed by atoms with Gasteiger partial charge in [0.2, 0.25) is 0 Å². The number of methoxy groups -OCH3 is 1. The third kappa shape index (κ3) is 2.63. The summed E-state index contributed by atoms with van der Waals surface area (Å²) < 4.78 is 5.16. The number of hydrogen-bond donors (Lipinski definition) is 0. The van der Waals surface area contributed by atoms with Crippen LogP contribution in [-0.4, -0.2) is 18.4 Å². The van der Waals surface area contributed by atoms with Gasteiger partial charge in [-0.15, -0.1) is 0 Å². The summed E-state index contributed by atoms with van der Waals surface area (Å²) in [4.78, 5) is 15.6. The van der Waals surface area contributed by atoms with Crippen LogP contribution in [0.4, 0.5) is 0 Å². The first kappa shape index (κ1) is 13.3. The lowest BCUT2D eigenvalue weighted by atomic mass is 9.98. The van der Waals surface area contributed by atoms with Crippen LogP contribution < -0.4 is 4.74 Å². The minimum Gasteiger partial charge on any atom is -0.497 e. The normalized spacial score (nSPS) is 10.5. The second-order valence-electron chi connectivity index (χ2n) is 4.85. The van der Waals surface area contributed by atoms with E-state index in [0.29, 0.717) is 17.7 Å². The van der Waals surface area contributed by atoms with Crippen molar-refractivity contribution < 1.29 is 9.53 Å². The van der Waals surface area contributed by atoms with Gasteiger partial charge in [0.25, 0.3) is 0 Å². The van der Waals surface area contributed by atoms with Gasteiger partial charge in [-0.25, -0.2) is 0 Å². The highest BCUT2D eigenvalue weighted by Crippen LogP contribution is 2.23. The van der Waals surface area contributed by atoms with Gasteiger partial charge in [-0.3, -0.25) is 9.78 Å². The molecule has 0 fully saturated rings. The van der Waals surface area contributed by atoms with E-state index in [0.717, 1.165) is 28.3 Å². The van der Waals surface area contributed by atoms with E-state index >= 15 is 0 Å². The lowest BCUT2D eigenvalue weighted by Crippen LogP contribution is -1.97. The Morgan fingerprint density at radius 3 is 2.76 bits per heavy atom. The van der Waals surface area contributed by atoms with Crippen LogP contribution in [0.2, 0.25) is 0 Å². The number of para-hydroxylation sites is 1. The molecule has 0 spiro atoms. The molecular formula is C18H15NO2. The van der Waals surface area contributed by atoms with Crippen LogP contribution in [0.1, 0.15) is 21.5 Å². The average Bonchev–Trinajstić information content (AvgIpc) is 2.55. The van der Waals surface area contributed by atoms with E-state index in [2.05, 4.69) is 11.1 Å². The smallest absolute Gasteiger partial charge is 0.150 e. The predicted octanol–water partition coefficient (Wildman–Crippen LogP) is 3.65. The Kier molecular flexibility index (Phi) is 3.65. The fraction of sp³-hybridized carbons (Fsp3) is 0.111. The Labute approximate surface area is 123 Å². The first-order chi connectivity index (χ1) is 10.3. The summed E-state index contributed by atoms with van der Waals surface area (Å²) in [5.74, 6) is 0.695. The fourth-order valence-electron chi connectivity index (χ4n) is 2.49. The van der Waals surface area contributed by atoms with Crippen molar-refractivity contribution in [1.29, 1.82) is 0 Å². The molecule has 0 atom stereocenters. The molecule has 3 rings (SSSR count). The SMILES string of the molecule is COc1ccc(Cc2ccnc3ccccc23)c(C=O)c1. The summed E-state index contributed by atoms with van der Waals surface area (Å²) in [7, 11) is 1.60. The molecule has 104 valence electrons. The van der Waals surface area contributed by atoms with Crippen molar-refractivity contribution in [1.82, 2.24) is 4.98 Å². The zero-order valence-electron chi connectivity index (χ0n) is 11.7. The molecule has 1 heterocycles. The molecule has 21 heavy (non-hydrogen) atoms. The molecule has 0 aliphatic carbocycles. The number of nitrogens with zero attached hydrogens (tertiary/aromatic N) is 1. The molecule has 0 aliphatic heterocycles. The monoisotopic (exact) mass is 277 g/mol. The van der Waals surface area contributed by atoms with Crippen LogP contribution in [0, 0.1) is 0 Å². The van der Waals surface area contributed by atoms with E-state index in [1.54, 1.807) is 13.2 Å². The second-order valence-corrected chi connectivity index (χ2v) is 4.85. The number of benzene rings is 2. The number of aldehydes is 1. The summed E-state index contributed by atoms with van der Waals surface area (Å²) in [5, 5.41) is 1.12. The summed E-state index contributed by atoms with van der Waals surface area (Å²) >= 11 is 0. The fourth-order valence-corrected chi connectivity index (χ4v) is 2.49. The molecule has 1 aromatic heterocycles. The number of rotatable bonds is 4. The Balaban J connectivity index is 2.04.